The van der Waals surface area contributed by atoms with Crippen LogP contribution < -0.4 is 0 Å². The first-order valence-corrected chi connectivity index (χ1v) is 2.30. The van der Waals surface area contributed by atoms with Crippen LogP contribution in [0.3, 0.4) is 0 Å². The summed E-state index contributed by atoms with van der Waals surface area (Å²) in [5.41, 5.74) is 0. The van der Waals surface area contributed by atoms with E-state index >= 15 is 0 Å². The van der Waals surface area contributed by atoms with Crippen molar-refractivity contribution in [3.8, 4) is 0 Å². The summed E-state index contributed by atoms with van der Waals surface area (Å²) in [5.74, 6) is 0. The molecule has 0 bridgehead atoms. The van der Waals surface area contributed by atoms with Gasteiger partial charge in [-0.05, 0) is 0 Å². The second kappa shape index (κ2) is 1.90. The Labute approximate surface area is 56.5 Å². The van der Waals surface area contributed by atoms with Crippen LogP contribution in [0.15, 0.2) is 0 Å². The van der Waals surface area contributed by atoms with Gasteiger partial charge in [0.05, 0.1) is 0 Å². The molecule has 1 unspecified atom stereocenters. The molecule has 1 heterocycles. The van der Waals surface area contributed by atoms with Gasteiger partial charge >= 0.3 is 56.3 Å². The molecule has 1 aliphatic rings. The summed E-state index contributed by atoms with van der Waals surface area (Å²) in [4.78, 5) is 7.96. The van der Waals surface area contributed by atoms with Gasteiger partial charge in [0, 0.05) is 0 Å². The summed E-state index contributed by atoms with van der Waals surface area (Å²) in [6, 6.07) is 0. The first-order chi connectivity index (χ1) is 2.21. The molecule has 3 nitrogen and oxygen atoms in total. The van der Waals surface area contributed by atoms with E-state index in [1.807, 2.05) is 0 Å². The van der Waals surface area contributed by atoms with E-state index in [1.165, 1.54) is 0 Å². The molecule has 1 atom stereocenters. The average molecular weight is 211 g/mol. The third kappa shape index (κ3) is 2.28. The second-order valence-electron chi connectivity index (χ2n) is 0.797. The van der Waals surface area contributed by atoms with Gasteiger partial charge in [0.25, 0.3) is 0 Å². The Balaban J connectivity index is 0.000000250. The monoisotopic (exact) mass is 210 g/mol. The second-order valence-corrected chi connectivity index (χ2v) is 2.33. The molecule has 5 heteroatoms. The summed E-state index contributed by atoms with van der Waals surface area (Å²) in [7, 11) is 0. The molecule has 0 amide bonds. The van der Waals surface area contributed by atoms with Gasteiger partial charge in [-0.3, -0.25) is 0 Å². The molecule has 0 aromatic heterocycles. The fourth-order valence-corrected chi connectivity index (χ4v) is 0.144. The molecule has 1 saturated heterocycles. The topological polar surface area (TPSA) is 45.3 Å². The number of rotatable bonds is 0. The molecule has 6 heavy (non-hydrogen) atoms. The van der Waals surface area contributed by atoms with E-state index in [0.717, 1.165) is 16.9 Å². The zero-order valence-corrected chi connectivity index (χ0v) is 4.76. The van der Waals surface area contributed by atoms with Crippen LogP contribution in [0.4, 0.5) is 0 Å². The van der Waals surface area contributed by atoms with Gasteiger partial charge in [-0.1, -0.05) is 0 Å². The Morgan fingerprint density at radius 2 is 1.67 bits per heavy atom. The van der Waals surface area contributed by atoms with Gasteiger partial charge in [-0.2, -0.15) is 0 Å². The minimum absolute atomic E-state index is 0. The molecule has 1 rings (SSSR count). The maximum atomic E-state index is 8.22. The Kier molecular flexibility index (Phi) is 2.24. The predicted octanol–water partition coefficient (Wildman–Crippen LogP) is -3.00. The maximum absolute atomic E-state index is 8.22. The molecule has 36 valence electrons. The fraction of sp³-hybridized carbons (Fsp3) is 1.00. The van der Waals surface area contributed by atoms with E-state index < -0.39 is 4.76 Å². The van der Waals surface area contributed by atoms with Gasteiger partial charge in [0.2, 0.25) is 0 Å². The number of hydrogen-bond donors (Lipinski definition) is 1. The number of hydrogen-bond acceptors (Lipinski definition) is 3. The first-order valence-electron chi connectivity index (χ1n) is 1.09. The molecule has 0 aromatic carbocycles. The van der Waals surface area contributed by atoms with Crippen molar-refractivity contribution >= 4 is 36.6 Å². The van der Waals surface area contributed by atoms with Crippen molar-refractivity contribution < 1.29 is 14.9 Å². The van der Waals surface area contributed by atoms with Crippen LogP contribution in [0.2, 0.25) is 0 Å². The normalized spacial score (nSPS) is 25.0. The standard InChI is InChI=1S/CH3AsO3.Ga.3H/c2-1(3)4-5-1;;;;/h3H,2H2;;;;. The van der Waals surface area contributed by atoms with Crippen molar-refractivity contribution in [2.75, 3.05) is 0 Å². The molecule has 1 aliphatic heterocycles. The van der Waals surface area contributed by atoms with E-state index in [9.17, 15) is 0 Å². The van der Waals surface area contributed by atoms with E-state index in [2.05, 4.69) is 9.78 Å². The van der Waals surface area contributed by atoms with Crippen molar-refractivity contribution in [3.05, 3.63) is 0 Å². The van der Waals surface area contributed by atoms with Gasteiger partial charge in [-0.25, -0.2) is 0 Å². The Bertz CT molecular complexity index is 48.8. The molecule has 0 saturated carbocycles. The first kappa shape index (κ1) is 7.07. The summed E-state index contributed by atoms with van der Waals surface area (Å²) in [6.07, 6.45) is 0. The van der Waals surface area contributed by atoms with Crippen molar-refractivity contribution in [1.29, 1.82) is 0 Å². The van der Waals surface area contributed by atoms with E-state index in [4.69, 9.17) is 5.11 Å². The summed E-state index contributed by atoms with van der Waals surface area (Å²) < 4.78 is -1.19. The number of aliphatic hydroxyl groups is 1. The van der Waals surface area contributed by atoms with E-state index in [0.29, 0.717) is 0 Å². The quantitative estimate of drug-likeness (QED) is 0.264. The summed E-state index contributed by atoms with van der Waals surface area (Å²) in [5, 5.41) is 8.22. The zero-order valence-electron chi connectivity index (χ0n) is 2.34. The van der Waals surface area contributed by atoms with Crippen LogP contribution in [0.1, 0.15) is 0 Å². The molecule has 0 aliphatic carbocycles. The summed E-state index contributed by atoms with van der Waals surface area (Å²) >= 11 is 1.01. The van der Waals surface area contributed by atoms with Crippen molar-refractivity contribution in [2.45, 2.75) is 4.76 Å². The SMILES string of the molecule is OC1([AsH2])OO1.[GaH3]. The van der Waals surface area contributed by atoms with Crippen LogP contribution >= 0.6 is 0 Å². The van der Waals surface area contributed by atoms with Gasteiger partial charge < -0.3 is 0 Å². The van der Waals surface area contributed by atoms with Crippen molar-refractivity contribution in [2.24, 2.45) is 0 Å². The van der Waals surface area contributed by atoms with Crippen LogP contribution in [-0.2, 0) is 9.78 Å². The Morgan fingerprint density at radius 3 is 1.67 bits per heavy atom. The zero-order chi connectivity index (χ0) is 3.91. The Hall–Kier alpha value is 1.07. The van der Waals surface area contributed by atoms with Crippen LogP contribution in [-0.4, -0.2) is 46.5 Å². The van der Waals surface area contributed by atoms with Gasteiger partial charge in [0.15, 0.2) is 0 Å². The average Bonchev–Trinajstić information content (AvgIpc) is 1.76. The van der Waals surface area contributed by atoms with Gasteiger partial charge in [-0.15, -0.1) is 0 Å². The Morgan fingerprint density at radius 1 is 1.50 bits per heavy atom. The van der Waals surface area contributed by atoms with Crippen LogP contribution in [0.5, 0.6) is 0 Å². The third-order valence-electron chi connectivity index (χ3n) is 0.254. The molecule has 0 radical (unpaired) electrons. The molecule has 1 N–H and O–H groups in total. The molecule has 0 aromatic rings. The van der Waals surface area contributed by atoms with E-state index in [1.54, 1.807) is 0 Å². The van der Waals surface area contributed by atoms with Crippen molar-refractivity contribution in [3.63, 3.8) is 0 Å². The minimum atomic E-state index is -1.19. The molecule has 0 spiro atoms. The van der Waals surface area contributed by atoms with Gasteiger partial charge in [0.1, 0.15) is 0 Å². The van der Waals surface area contributed by atoms with Crippen LogP contribution in [0.25, 0.3) is 0 Å². The molecule has 1 fully saturated rings. The van der Waals surface area contributed by atoms with E-state index in [-0.39, 0.29) is 19.8 Å². The molecular formula is CH6AsGaO3. The van der Waals surface area contributed by atoms with Crippen LogP contribution in [0, 0.1) is 0 Å². The third-order valence-corrected chi connectivity index (χ3v) is 0.658. The predicted molar refractivity (Wildman–Crippen MR) is 25.6 cm³/mol. The molecular weight excluding hydrogens is 205 g/mol. The van der Waals surface area contributed by atoms with Crippen molar-refractivity contribution in [1.82, 2.24) is 0 Å². The summed E-state index contributed by atoms with van der Waals surface area (Å²) in [6.45, 7) is 0. The fourth-order valence-electron chi connectivity index (χ4n) is 0.0427.